The zero-order chi connectivity index (χ0) is 9.97. The summed E-state index contributed by atoms with van der Waals surface area (Å²) in [6.45, 7) is 9.86. The zero-order valence-electron chi connectivity index (χ0n) is 9.50. The van der Waals surface area contributed by atoms with Crippen LogP contribution in [-0.2, 0) is 0 Å². The van der Waals surface area contributed by atoms with E-state index in [9.17, 15) is 0 Å². The molecule has 0 spiro atoms. The molecule has 0 saturated carbocycles. The number of likely N-dealkylation sites (N-methyl/N-ethyl adjacent to an activating group) is 1. The van der Waals surface area contributed by atoms with E-state index in [1.165, 1.54) is 45.7 Å². The van der Waals surface area contributed by atoms with E-state index in [4.69, 9.17) is 0 Å². The second-order valence-corrected chi connectivity index (χ2v) is 5.01. The van der Waals surface area contributed by atoms with Crippen LogP contribution in [0.15, 0.2) is 0 Å². The molecule has 2 aliphatic heterocycles. The molecule has 0 radical (unpaired) electrons. The van der Waals surface area contributed by atoms with Crippen molar-refractivity contribution in [1.82, 2.24) is 15.1 Å². The van der Waals surface area contributed by atoms with Crippen molar-refractivity contribution >= 4 is 0 Å². The fourth-order valence-electron chi connectivity index (χ4n) is 2.57. The van der Waals surface area contributed by atoms with Gasteiger partial charge in [-0.2, -0.15) is 0 Å². The maximum absolute atomic E-state index is 3.53. The predicted octanol–water partition coefficient (Wildman–Crippen LogP) is 0.232. The third kappa shape index (κ3) is 2.69. The minimum absolute atomic E-state index is 0.743. The Hall–Kier alpha value is -0.120. The van der Waals surface area contributed by atoms with Crippen molar-refractivity contribution in [2.45, 2.75) is 19.4 Å². The second-order valence-electron chi connectivity index (χ2n) is 5.01. The average molecular weight is 197 g/mol. The van der Waals surface area contributed by atoms with Gasteiger partial charge < -0.3 is 15.1 Å². The standard InChI is InChI=1S/C11H23N3/c1-10-7-11(8-12-10)9-14-5-3-13(2)4-6-14/h10-12H,3-9H2,1-2H3. The monoisotopic (exact) mass is 197 g/mol. The minimum atomic E-state index is 0.743. The molecule has 2 aliphatic rings. The smallest absolute Gasteiger partial charge is 0.0110 e. The molecule has 2 atom stereocenters. The van der Waals surface area contributed by atoms with Gasteiger partial charge in [-0.15, -0.1) is 0 Å². The fraction of sp³-hybridized carbons (Fsp3) is 1.00. The minimum Gasteiger partial charge on any atom is -0.314 e. The number of nitrogens with zero attached hydrogens (tertiary/aromatic N) is 2. The molecule has 0 amide bonds. The molecule has 2 unspecified atom stereocenters. The molecule has 2 heterocycles. The summed E-state index contributed by atoms with van der Waals surface area (Å²) in [5.74, 6) is 0.897. The Bertz CT molecular complexity index is 175. The van der Waals surface area contributed by atoms with Gasteiger partial charge in [0.25, 0.3) is 0 Å². The molecular weight excluding hydrogens is 174 g/mol. The maximum Gasteiger partial charge on any atom is 0.0110 e. The zero-order valence-corrected chi connectivity index (χ0v) is 9.50. The van der Waals surface area contributed by atoms with Crippen LogP contribution in [0.4, 0.5) is 0 Å². The van der Waals surface area contributed by atoms with Gasteiger partial charge in [0.15, 0.2) is 0 Å². The molecule has 2 rings (SSSR count). The summed E-state index contributed by atoms with van der Waals surface area (Å²) in [6, 6.07) is 0.743. The molecule has 1 N–H and O–H groups in total. The van der Waals surface area contributed by atoms with E-state index in [0.717, 1.165) is 12.0 Å². The van der Waals surface area contributed by atoms with Crippen LogP contribution in [0.1, 0.15) is 13.3 Å². The van der Waals surface area contributed by atoms with Crippen molar-refractivity contribution in [3.05, 3.63) is 0 Å². The van der Waals surface area contributed by atoms with E-state index in [1.54, 1.807) is 0 Å². The van der Waals surface area contributed by atoms with Gasteiger partial charge in [0, 0.05) is 38.8 Å². The first kappa shape index (κ1) is 10.4. The molecule has 3 heteroatoms. The van der Waals surface area contributed by atoms with Gasteiger partial charge in [-0.1, -0.05) is 0 Å². The van der Waals surface area contributed by atoms with Gasteiger partial charge in [-0.3, -0.25) is 0 Å². The average Bonchev–Trinajstić information content (AvgIpc) is 2.56. The van der Waals surface area contributed by atoms with Crippen LogP contribution in [0.5, 0.6) is 0 Å². The first-order chi connectivity index (χ1) is 6.74. The van der Waals surface area contributed by atoms with Crippen LogP contribution < -0.4 is 5.32 Å². The van der Waals surface area contributed by atoms with Crippen LogP contribution in [0.25, 0.3) is 0 Å². The van der Waals surface area contributed by atoms with Crippen LogP contribution in [0, 0.1) is 5.92 Å². The maximum atomic E-state index is 3.53. The fourth-order valence-corrected chi connectivity index (χ4v) is 2.57. The predicted molar refractivity (Wildman–Crippen MR) is 59.5 cm³/mol. The molecule has 0 aliphatic carbocycles. The van der Waals surface area contributed by atoms with Crippen LogP contribution in [0.3, 0.4) is 0 Å². The van der Waals surface area contributed by atoms with E-state index >= 15 is 0 Å². The van der Waals surface area contributed by atoms with Gasteiger partial charge in [0.1, 0.15) is 0 Å². The van der Waals surface area contributed by atoms with Gasteiger partial charge in [-0.25, -0.2) is 0 Å². The third-order valence-electron chi connectivity index (χ3n) is 3.55. The highest BCUT2D eigenvalue weighted by molar-refractivity contribution is 4.82. The van der Waals surface area contributed by atoms with Gasteiger partial charge >= 0.3 is 0 Å². The first-order valence-electron chi connectivity index (χ1n) is 5.88. The highest BCUT2D eigenvalue weighted by atomic mass is 15.2. The molecule has 2 fully saturated rings. The number of nitrogens with one attached hydrogen (secondary N) is 1. The number of hydrogen-bond acceptors (Lipinski definition) is 3. The highest BCUT2D eigenvalue weighted by Gasteiger charge is 2.24. The Morgan fingerprint density at radius 3 is 2.50 bits per heavy atom. The lowest BCUT2D eigenvalue weighted by atomic mass is 10.1. The summed E-state index contributed by atoms with van der Waals surface area (Å²) in [5.41, 5.74) is 0. The van der Waals surface area contributed by atoms with Crippen LogP contribution in [-0.4, -0.2) is 62.2 Å². The second kappa shape index (κ2) is 4.60. The molecule has 0 aromatic rings. The lowest BCUT2D eigenvalue weighted by Gasteiger charge is -2.33. The Kier molecular flexibility index (Phi) is 3.42. The van der Waals surface area contributed by atoms with E-state index in [1.807, 2.05) is 0 Å². The molecule has 2 saturated heterocycles. The summed E-state index contributed by atoms with van der Waals surface area (Å²) in [5, 5.41) is 3.53. The van der Waals surface area contributed by atoms with E-state index in [-0.39, 0.29) is 0 Å². The van der Waals surface area contributed by atoms with E-state index in [0.29, 0.717) is 0 Å². The lowest BCUT2D eigenvalue weighted by molar-refractivity contribution is 0.138. The number of rotatable bonds is 2. The summed E-state index contributed by atoms with van der Waals surface area (Å²) >= 11 is 0. The lowest BCUT2D eigenvalue weighted by Crippen LogP contribution is -2.46. The van der Waals surface area contributed by atoms with Crippen LogP contribution >= 0.6 is 0 Å². The van der Waals surface area contributed by atoms with Crippen molar-refractivity contribution in [2.24, 2.45) is 5.92 Å². The molecule has 0 aromatic carbocycles. The largest absolute Gasteiger partial charge is 0.314 e. The van der Waals surface area contributed by atoms with Crippen molar-refractivity contribution in [1.29, 1.82) is 0 Å². The molecule has 14 heavy (non-hydrogen) atoms. The Labute approximate surface area is 87.4 Å². The third-order valence-corrected chi connectivity index (χ3v) is 3.55. The van der Waals surface area contributed by atoms with E-state index < -0.39 is 0 Å². The Morgan fingerprint density at radius 1 is 1.21 bits per heavy atom. The van der Waals surface area contributed by atoms with Gasteiger partial charge in [-0.05, 0) is 32.9 Å². The number of piperazine rings is 1. The Morgan fingerprint density at radius 2 is 1.93 bits per heavy atom. The quantitative estimate of drug-likeness (QED) is 0.684. The first-order valence-corrected chi connectivity index (χ1v) is 5.88. The van der Waals surface area contributed by atoms with Crippen molar-refractivity contribution in [3.8, 4) is 0 Å². The molecule has 0 aromatic heterocycles. The molecule has 0 bridgehead atoms. The summed E-state index contributed by atoms with van der Waals surface area (Å²) in [4.78, 5) is 5.05. The van der Waals surface area contributed by atoms with E-state index in [2.05, 4.69) is 29.1 Å². The molecule has 82 valence electrons. The van der Waals surface area contributed by atoms with Crippen LogP contribution in [0.2, 0.25) is 0 Å². The SMILES string of the molecule is CC1CC(CN2CCN(C)CC2)CN1. The van der Waals surface area contributed by atoms with Crippen molar-refractivity contribution < 1.29 is 0 Å². The van der Waals surface area contributed by atoms with Crippen molar-refractivity contribution in [2.75, 3.05) is 46.3 Å². The van der Waals surface area contributed by atoms with Gasteiger partial charge in [0.2, 0.25) is 0 Å². The summed E-state index contributed by atoms with van der Waals surface area (Å²) in [7, 11) is 2.22. The number of hydrogen-bond donors (Lipinski definition) is 1. The summed E-state index contributed by atoms with van der Waals surface area (Å²) in [6.07, 6.45) is 1.37. The molecular formula is C11H23N3. The van der Waals surface area contributed by atoms with Crippen molar-refractivity contribution in [3.63, 3.8) is 0 Å². The Balaban J connectivity index is 1.70. The topological polar surface area (TPSA) is 18.5 Å². The van der Waals surface area contributed by atoms with Gasteiger partial charge in [0.05, 0.1) is 0 Å². The highest BCUT2D eigenvalue weighted by Crippen LogP contribution is 2.15. The molecule has 3 nitrogen and oxygen atoms in total. The normalized spacial score (nSPS) is 36.4. The summed E-state index contributed by atoms with van der Waals surface area (Å²) < 4.78 is 0.